The van der Waals surface area contributed by atoms with Gasteiger partial charge in [-0.15, -0.1) is 0 Å². The van der Waals surface area contributed by atoms with Gasteiger partial charge in [0.25, 0.3) is 0 Å². The molecule has 0 saturated heterocycles. The molecular formula is C84H116N8. The molecule has 6 heterocycles. The number of aromatic nitrogens is 8. The second kappa shape index (κ2) is 26.4. The van der Waals surface area contributed by atoms with E-state index in [9.17, 15) is 0 Å². The number of hydrogen-bond acceptors (Lipinski definition) is 2. The van der Waals surface area contributed by atoms with Crippen molar-refractivity contribution in [2.75, 3.05) is 0 Å². The third kappa shape index (κ3) is 15.7. The summed E-state index contributed by atoms with van der Waals surface area (Å²) in [7, 11) is 12.8. The third-order valence-electron chi connectivity index (χ3n) is 18.3. The molecule has 6 aromatic heterocycles. The molecule has 12 rings (SSSR count). The summed E-state index contributed by atoms with van der Waals surface area (Å²) < 4.78 is 13.6. The lowest BCUT2D eigenvalue weighted by Gasteiger charge is -2.20. The van der Waals surface area contributed by atoms with Gasteiger partial charge in [-0.2, -0.15) is 0 Å². The third-order valence-corrected chi connectivity index (χ3v) is 18.3. The molecule has 0 radical (unpaired) electrons. The number of fused-ring (bicyclic) bond motifs is 6. The Kier molecular flexibility index (Phi) is 20.6. The van der Waals surface area contributed by atoms with Crippen molar-refractivity contribution in [2.24, 2.45) is 42.3 Å². The van der Waals surface area contributed by atoms with Crippen LogP contribution >= 0.6 is 0 Å². The van der Waals surface area contributed by atoms with Crippen molar-refractivity contribution in [1.29, 1.82) is 0 Å². The van der Waals surface area contributed by atoms with Crippen LogP contribution in [0.25, 0.3) is 65.5 Å². The van der Waals surface area contributed by atoms with Crippen molar-refractivity contribution in [3.63, 3.8) is 0 Å². The Bertz CT molecular complexity index is 4480. The van der Waals surface area contributed by atoms with E-state index in [0.717, 1.165) is 22.7 Å². The van der Waals surface area contributed by atoms with Crippen molar-refractivity contribution >= 4 is 65.5 Å². The SMILES string of the molecule is Cc1cc2cc(C(C)(C)C)n(C)c2cc1C.Cc1cc2cc(C(C)(C)C)n(C)c2cc1C.Cc1ccc(C)c2c1cc(C(C)(C)C)n2C.Cc1ccc2c(c1)nc(C(C)(C)C)n2C.Cc1ccc2nc(C(C)(C)C)n(C)c2c1.Cn1cc2ccccc2c1C(C)(C)C. The Balaban J connectivity index is 0.000000157. The van der Waals surface area contributed by atoms with Crippen molar-refractivity contribution in [1.82, 2.24) is 37.4 Å². The molecule has 0 atom stereocenters. The molecule has 0 N–H and O–H groups in total. The molecule has 8 nitrogen and oxygen atoms in total. The van der Waals surface area contributed by atoms with Gasteiger partial charge in [-0.1, -0.05) is 173 Å². The Morgan fingerprint density at radius 2 is 0.717 bits per heavy atom. The van der Waals surface area contributed by atoms with Gasteiger partial charge in [0.2, 0.25) is 0 Å². The highest BCUT2D eigenvalue weighted by molar-refractivity contribution is 5.89. The van der Waals surface area contributed by atoms with E-state index in [-0.39, 0.29) is 32.5 Å². The zero-order chi connectivity index (χ0) is 69.0. The molecule has 0 fully saturated rings. The Morgan fingerprint density at radius 1 is 0.293 bits per heavy atom. The number of rotatable bonds is 0. The van der Waals surface area contributed by atoms with Gasteiger partial charge in [0, 0.05) is 136 Å². The Morgan fingerprint density at radius 3 is 1.18 bits per heavy atom. The van der Waals surface area contributed by atoms with E-state index in [4.69, 9.17) is 4.98 Å². The second-order valence-corrected chi connectivity index (χ2v) is 32.9. The largest absolute Gasteiger partial charge is 0.353 e. The fraction of sp³-hybridized carbons (Fsp3) is 0.452. The summed E-state index contributed by atoms with van der Waals surface area (Å²) >= 11 is 0. The molecule has 12 aromatic rings. The summed E-state index contributed by atoms with van der Waals surface area (Å²) in [6.45, 7) is 57.7. The fourth-order valence-electron chi connectivity index (χ4n) is 13.3. The van der Waals surface area contributed by atoms with E-state index in [1.54, 1.807) is 0 Å². The van der Waals surface area contributed by atoms with E-state index in [0.29, 0.717) is 0 Å². The average molecular weight is 1240 g/mol. The van der Waals surface area contributed by atoms with E-state index in [1.165, 1.54) is 122 Å². The minimum absolute atomic E-state index is 0.0989. The molecule has 0 unspecified atom stereocenters. The topological polar surface area (TPSA) is 55.4 Å². The van der Waals surface area contributed by atoms with Crippen molar-refractivity contribution in [2.45, 2.75) is 213 Å². The molecular weight excluding hydrogens is 1120 g/mol. The predicted octanol–water partition coefficient (Wildman–Crippen LogP) is 22.1. The first-order chi connectivity index (χ1) is 42.2. The highest BCUT2D eigenvalue weighted by atomic mass is 15.1. The maximum atomic E-state index is 4.71. The number of nitrogens with zero attached hydrogens (tertiary/aromatic N) is 8. The van der Waals surface area contributed by atoms with Crippen LogP contribution in [-0.2, 0) is 74.8 Å². The zero-order valence-corrected chi connectivity index (χ0v) is 63.1. The molecule has 8 heteroatoms. The zero-order valence-electron chi connectivity index (χ0n) is 63.1. The number of aryl methyl sites for hydroxylation is 14. The first-order valence-corrected chi connectivity index (χ1v) is 33.3. The highest BCUT2D eigenvalue weighted by Crippen LogP contribution is 2.36. The van der Waals surface area contributed by atoms with Gasteiger partial charge in [0.05, 0.1) is 27.6 Å². The Labute approximate surface area is 555 Å². The van der Waals surface area contributed by atoms with Crippen molar-refractivity contribution in [3.8, 4) is 0 Å². The van der Waals surface area contributed by atoms with Gasteiger partial charge in [-0.3, -0.25) is 0 Å². The quantitative estimate of drug-likeness (QED) is 0.152. The monoisotopic (exact) mass is 1240 g/mol. The summed E-state index contributed by atoms with van der Waals surface area (Å²) in [5, 5.41) is 6.82. The molecule has 0 aliphatic rings. The lowest BCUT2D eigenvalue weighted by atomic mass is 9.89. The summed E-state index contributed by atoms with van der Waals surface area (Å²) in [6.07, 6.45) is 2.20. The van der Waals surface area contributed by atoms with Gasteiger partial charge in [-0.25, -0.2) is 9.97 Å². The minimum atomic E-state index is 0.0989. The maximum absolute atomic E-state index is 4.71. The summed E-state index contributed by atoms with van der Waals surface area (Å²) in [5.41, 5.74) is 26.1. The van der Waals surface area contributed by atoms with Gasteiger partial charge < -0.3 is 27.4 Å². The van der Waals surface area contributed by atoms with E-state index >= 15 is 0 Å². The lowest BCUT2D eigenvalue weighted by Crippen LogP contribution is -2.17. The maximum Gasteiger partial charge on any atom is 0.115 e. The summed E-state index contributed by atoms with van der Waals surface area (Å²) in [4.78, 5) is 9.39. The van der Waals surface area contributed by atoms with Crippen molar-refractivity contribution in [3.05, 3.63) is 200 Å². The fourth-order valence-corrected chi connectivity index (χ4v) is 13.3. The van der Waals surface area contributed by atoms with Gasteiger partial charge in [-0.05, 0) is 172 Å². The smallest absolute Gasteiger partial charge is 0.115 e. The van der Waals surface area contributed by atoms with Crippen LogP contribution in [0.4, 0.5) is 0 Å². The van der Waals surface area contributed by atoms with Crippen LogP contribution in [0.2, 0.25) is 0 Å². The van der Waals surface area contributed by atoms with Crippen LogP contribution in [0, 0.1) is 55.4 Å². The van der Waals surface area contributed by atoms with E-state index < -0.39 is 0 Å². The van der Waals surface area contributed by atoms with Crippen LogP contribution in [-0.4, -0.2) is 37.4 Å². The molecule has 0 aliphatic carbocycles. The van der Waals surface area contributed by atoms with Crippen LogP contribution in [0.15, 0.2) is 121 Å². The molecule has 492 valence electrons. The van der Waals surface area contributed by atoms with Crippen LogP contribution in [0.3, 0.4) is 0 Å². The number of benzene rings is 6. The minimum Gasteiger partial charge on any atom is -0.353 e. The molecule has 0 saturated carbocycles. The average Bonchev–Trinajstić information content (AvgIpc) is 1.67. The molecule has 92 heavy (non-hydrogen) atoms. The van der Waals surface area contributed by atoms with E-state index in [2.05, 4.69) is 376 Å². The van der Waals surface area contributed by atoms with Crippen molar-refractivity contribution < 1.29 is 0 Å². The summed E-state index contributed by atoms with van der Waals surface area (Å²) in [5.74, 6) is 2.28. The Hall–Kier alpha value is -7.58. The summed E-state index contributed by atoms with van der Waals surface area (Å²) in [6, 6.07) is 42.0. The van der Waals surface area contributed by atoms with E-state index in [1.807, 2.05) is 0 Å². The normalized spacial score (nSPS) is 12.3. The lowest BCUT2D eigenvalue weighted by molar-refractivity contribution is 0.526. The van der Waals surface area contributed by atoms with Crippen LogP contribution in [0.1, 0.15) is 204 Å². The molecule has 0 spiro atoms. The molecule has 0 bridgehead atoms. The molecule has 6 aromatic carbocycles. The molecule has 0 aliphatic heterocycles. The molecule has 0 amide bonds. The van der Waals surface area contributed by atoms with Crippen LogP contribution in [0.5, 0.6) is 0 Å². The van der Waals surface area contributed by atoms with Crippen LogP contribution < -0.4 is 0 Å². The first kappa shape index (κ1) is 71.9. The number of hydrogen-bond donors (Lipinski definition) is 0. The number of imidazole rings is 2. The highest BCUT2D eigenvalue weighted by Gasteiger charge is 2.26. The standard InChI is InChI=1S/3C15H21N.2C13H18N2.C13H17N/c2*1-10-7-12-9-14(15(3,4)5)16(6)13(12)8-11(10)2;1-10-7-8-11(2)14-12(10)9-13(16(14)6)15(3,4)5;1-9-6-7-11-10(8-9)14-12(15(11)5)13(2,3)4;1-9-6-7-10-11(8-9)15(5)12(14-10)13(2,3)4;1-13(2,3)12-11-8-6-5-7-10(11)9-14(12)4/h3*7-9H,1-6H3;2*6-8H,1-5H3;5-9H,1-4H3. The van der Waals surface area contributed by atoms with Gasteiger partial charge >= 0.3 is 0 Å². The second-order valence-electron chi connectivity index (χ2n) is 32.9. The first-order valence-electron chi connectivity index (χ1n) is 33.3. The van der Waals surface area contributed by atoms with Gasteiger partial charge in [0.15, 0.2) is 0 Å². The van der Waals surface area contributed by atoms with Gasteiger partial charge in [0.1, 0.15) is 11.6 Å². The predicted molar refractivity (Wildman–Crippen MR) is 403 cm³/mol.